The van der Waals surface area contributed by atoms with Gasteiger partial charge in [0.25, 0.3) is 0 Å². The Morgan fingerprint density at radius 2 is 1.57 bits per heavy atom. The number of hydrogen-bond acceptors (Lipinski definition) is 3. The number of nitrogens with one attached hydrogen (secondary N) is 1. The van der Waals surface area contributed by atoms with Gasteiger partial charge in [-0.25, -0.2) is 0 Å². The van der Waals surface area contributed by atoms with Crippen LogP contribution in [0.1, 0.15) is 23.8 Å². The third-order valence-corrected chi connectivity index (χ3v) is 4.57. The van der Waals surface area contributed by atoms with Gasteiger partial charge in [-0.05, 0) is 23.3 Å². The van der Waals surface area contributed by atoms with Crippen molar-refractivity contribution in [2.24, 2.45) is 0 Å². The zero-order chi connectivity index (χ0) is 19.8. The summed E-state index contributed by atoms with van der Waals surface area (Å²) in [6.07, 6.45) is 2.01. The van der Waals surface area contributed by atoms with Crippen molar-refractivity contribution in [1.82, 2.24) is 10.2 Å². The first-order valence-electron chi connectivity index (χ1n) is 9.28. The third kappa shape index (κ3) is 5.33. The first-order valence-corrected chi connectivity index (χ1v) is 9.28. The maximum atomic E-state index is 13.0. The summed E-state index contributed by atoms with van der Waals surface area (Å²) in [6.45, 7) is 2.16. The summed E-state index contributed by atoms with van der Waals surface area (Å²) in [7, 11) is 0. The third-order valence-electron chi connectivity index (χ3n) is 4.57. The molecule has 144 valence electrons. The molecule has 1 atom stereocenters. The van der Waals surface area contributed by atoms with E-state index in [9.17, 15) is 9.59 Å². The van der Waals surface area contributed by atoms with Crippen LogP contribution in [0.3, 0.4) is 0 Å². The van der Waals surface area contributed by atoms with Crippen molar-refractivity contribution < 1.29 is 14.0 Å². The van der Waals surface area contributed by atoms with Gasteiger partial charge in [0.05, 0.1) is 12.8 Å². The molecule has 0 aliphatic carbocycles. The second-order valence-corrected chi connectivity index (χ2v) is 6.64. The Labute approximate surface area is 165 Å². The van der Waals surface area contributed by atoms with Gasteiger partial charge in [0.15, 0.2) is 0 Å². The van der Waals surface area contributed by atoms with E-state index in [4.69, 9.17) is 4.42 Å². The lowest BCUT2D eigenvalue weighted by Gasteiger charge is -2.30. The Morgan fingerprint density at radius 3 is 2.14 bits per heavy atom. The average Bonchev–Trinajstić information content (AvgIpc) is 3.24. The molecule has 0 spiro atoms. The summed E-state index contributed by atoms with van der Waals surface area (Å²) < 4.78 is 5.29. The monoisotopic (exact) mass is 376 g/mol. The molecule has 0 aliphatic heterocycles. The van der Waals surface area contributed by atoms with Crippen LogP contribution < -0.4 is 5.32 Å². The van der Waals surface area contributed by atoms with E-state index < -0.39 is 6.04 Å². The number of carbonyl (C=O) groups is 2. The van der Waals surface area contributed by atoms with Crippen LogP contribution in [-0.4, -0.2) is 22.8 Å². The summed E-state index contributed by atoms with van der Waals surface area (Å²) in [5.41, 5.74) is 1.98. The smallest absolute Gasteiger partial charge is 0.243 e. The zero-order valence-electron chi connectivity index (χ0n) is 15.9. The maximum Gasteiger partial charge on any atom is 0.243 e. The fourth-order valence-electron chi connectivity index (χ4n) is 3.11. The van der Waals surface area contributed by atoms with Crippen LogP contribution in [0, 0.1) is 0 Å². The van der Waals surface area contributed by atoms with E-state index in [-0.39, 0.29) is 18.4 Å². The fourth-order valence-corrected chi connectivity index (χ4v) is 3.11. The molecular formula is C23H24N2O3. The molecule has 3 rings (SSSR count). The molecule has 28 heavy (non-hydrogen) atoms. The molecule has 1 aromatic heterocycles. The van der Waals surface area contributed by atoms with Crippen molar-refractivity contribution in [3.63, 3.8) is 0 Å². The minimum Gasteiger partial charge on any atom is -0.467 e. The van der Waals surface area contributed by atoms with Crippen LogP contribution in [0.15, 0.2) is 83.5 Å². The van der Waals surface area contributed by atoms with Gasteiger partial charge in [-0.1, -0.05) is 60.7 Å². The quantitative estimate of drug-likeness (QED) is 0.654. The Bertz CT molecular complexity index is 877. The number of furan rings is 1. The van der Waals surface area contributed by atoms with Gasteiger partial charge in [0.2, 0.25) is 11.8 Å². The average molecular weight is 376 g/mol. The van der Waals surface area contributed by atoms with Gasteiger partial charge in [-0.2, -0.15) is 0 Å². The van der Waals surface area contributed by atoms with E-state index in [0.717, 1.165) is 11.1 Å². The molecule has 0 unspecified atom stereocenters. The molecule has 1 heterocycles. The first-order chi connectivity index (χ1) is 13.6. The number of amides is 2. The molecule has 0 radical (unpaired) electrons. The summed E-state index contributed by atoms with van der Waals surface area (Å²) in [5, 5.41) is 2.90. The highest BCUT2D eigenvalue weighted by Gasteiger charge is 2.28. The molecule has 2 amide bonds. The van der Waals surface area contributed by atoms with Crippen LogP contribution >= 0.6 is 0 Å². The molecule has 1 N–H and O–H groups in total. The highest BCUT2D eigenvalue weighted by Crippen LogP contribution is 2.15. The Hall–Kier alpha value is -3.34. The topological polar surface area (TPSA) is 62.6 Å². The van der Waals surface area contributed by atoms with Gasteiger partial charge < -0.3 is 14.6 Å². The Morgan fingerprint density at radius 1 is 0.929 bits per heavy atom. The summed E-state index contributed by atoms with van der Waals surface area (Å²) in [6, 6.07) is 22.4. The van der Waals surface area contributed by atoms with E-state index in [0.29, 0.717) is 18.7 Å². The van der Waals surface area contributed by atoms with Crippen LogP contribution in [0.25, 0.3) is 0 Å². The van der Waals surface area contributed by atoms with E-state index >= 15 is 0 Å². The number of hydrogen-bond donors (Lipinski definition) is 1. The number of carbonyl (C=O) groups excluding carboxylic acids is 2. The number of benzene rings is 2. The van der Waals surface area contributed by atoms with Crippen molar-refractivity contribution in [2.45, 2.75) is 32.5 Å². The van der Waals surface area contributed by atoms with Crippen LogP contribution in [0.2, 0.25) is 0 Å². The zero-order valence-corrected chi connectivity index (χ0v) is 15.9. The van der Waals surface area contributed by atoms with Crippen LogP contribution in [0.5, 0.6) is 0 Å². The van der Waals surface area contributed by atoms with Crippen molar-refractivity contribution in [3.8, 4) is 0 Å². The van der Waals surface area contributed by atoms with Gasteiger partial charge in [0.1, 0.15) is 11.8 Å². The minimum absolute atomic E-state index is 0.141. The molecular weight excluding hydrogens is 352 g/mol. The summed E-state index contributed by atoms with van der Waals surface area (Å²) in [5.74, 6) is 0.327. The van der Waals surface area contributed by atoms with Gasteiger partial charge in [0, 0.05) is 19.9 Å². The molecule has 2 aromatic carbocycles. The predicted molar refractivity (Wildman–Crippen MR) is 107 cm³/mol. The van der Waals surface area contributed by atoms with Crippen molar-refractivity contribution in [1.29, 1.82) is 0 Å². The van der Waals surface area contributed by atoms with E-state index in [1.165, 1.54) is 6.92 Å². The minimum atomic E-state index is -0.616. The second-order valence-electron chi connectivity index (χ2n) is 6.64. The molecule has 0 saturated heterocycles. The molecule has 0 saturated carbocycles. The maximum absolute atomic E-state index is 13.0. The lowest BCUT2D eigenvalue weighted by molar-refractivity contribution is -0.139. The van der Waals surface area contributed by atoms with E-state index in [2.05, 4.69) is 5.32 Å². The summed E-state index contributed by atoms with van der Waals surface area (Å²) >= 11 is 0. The predicted octanol–water partition coefficient (Wildman–Crippen LogP) is 3.56. The highest BCUT2D eigenvalue weighted by atomic mass is 16.3. The Kier molecular flexibility index (Phi) is 6.63. The lowest BCUT2D eigenvalue weighted by Crippen LogP contribution is -2.49. The highest BCUT2D eigenvalue weighted by molar-refractivity contribution is 5.87. The van der Waals surface area contributed by atoms with Gasteiger partial charge in [-0.3, -0.25) is 9.59 Å². The molecule has 5 heteroatoms. The molecule has 5 nitrogen and oxygen atoms in total. The molecule has 0 aliphatic rings. The molecule has 3 aromatic rings. The van der Waals surface area contributed by atoms with Gasteiger partial charge in [-0.15, -0.1) is 0 Å². The van der Waals surface area contributed by atoms with Gasteiger partial charge >= 0.3 is 0 Å². The second kappa shape index (κ2) is 9.55. The SMILES string of the molecule is CC(=O)N(Cc1ccccc1)[C@@H](Cc1ccccc1)C(=O)NCc1ccco1. The van der Waals surface area contributed by atoms with Crippen molar-refractivity contribution >= 4 is 11.8 Å². The van der Waals surface area contributed by atoms with E-state index in [1.807, 2.05) is 60.7 Å². The fraction of sp³-hybridized carbons (Fsp3) is 0.217. The largest absolute Gasteiger partial charge is 0.467 e. The Balaban J connectivity index is 1.81. The normalized spacial score (nSPS) is 11.6. The van der Waals surface area contributed by atoms with Crippen LogP contribution in [0.4, 0.5) is 0 Å². The van der Waals surface area contributed by atoms with Crippen molar-refractivity contribution in [2.75, 3.05) is 0 Å². The lowest BCUT2D eigenvalue weighted by atomic mass is 10.0. The number of nitrogens with zero attached hydrogens (tertiary/aromatic N) is 1. The first kappa shape index (κ1) is 19.4. The molecule has 0 fully saturated rings. The standard InChI is InChI=1S/C23H24N2O3/c1-18(26)25(17-20-11-6-3-7-12-20)22(15-19-9-4-2-5-10-19)23(27)24-16-21-13-8-14-28-21/h2-14,22H,15-17H2,1H3,(H,24,27)/t22-/m0/s1. The van der Waals surface area contributed by atoms with E-state index in [1.54, 1.807) is 23.3 Å². The molecule has 0 bridgehead atoms. The van der Waals surface area contributed by atoms with Crippen LogP contribution in [-0.2, 0) is 29.1 Å². The summed E-state index contributed by atoms with van der Waals surface area (Å²) in [4.78, 5) is 27.1. The number of rotatable bonds is 8. The van der Waals surface area contributed by atoms with Crippen molar-refractivity contribution in [3.05, 3.63) is 95.9 Å².